The Morgan fingerprint density at radius 1 is 1.10 bits per heavy atom. The number of hydrogen-bond donors (Lipinski definition) is 0. The van der Waals surface area contributed by atoms with Crippen LogP contribution in [0.5, 0.6) is 11.6 Å². The summed E-state index contributed by atoms with van der Waals surface area (Å²) in [6.45, 7) is 1.59. The van der Waals surface area contributed by atoms with E-state index in [1.54, 1.807) is 25.1 Å². The van der Waals surface area contributed by atoms with E-state index in [-0.39, 0.29) is 35.9 Å². The summed E-state index contributed by atoms with van der Waals surface area (Å²) in [5.74, 6) is -2.58. The second-order valence-electron chi connectivity index (χ2n) is 7.18. The molecule has 0 spiro atoms. The Hall–Kier alpha value is -3.55. The van der Waals surface area contributed by atoms with Gasteiger partial charge in [0.1, 0.15) is 29.8 Å². The van der Waals surface area contributed by atoms with E-state index in [4.69, 9.17) is 9.47 Å². The standard InChI is InChI=1S/C23H19F3N2O3/c1-13-4-3-5-21(27-13)31-12-20(22-18(25)9-16(30-2)10-19(22)26)28-11-14-6-7-15(24)8-17(14)23(28)29/h3-10,20H,11-12H2,1-2H3. The van der Waals surface area contributed by atoms with Gasteiger partial charge in [-0.15, -0.1) is 0 Å². The van der Waals surface area contributed by atoms with Crippen molar-refractivity contribution in [3.63, 3.8) is 0 Å². The number of fused-ring (bicyclic) bond motifs is 1. The molecule has 3 aromatic rings. The van der Waals surface area contributed by atoms with Gasteiger partial charge in [0.05, 0.1) is 13.2 Å². The lowest BCUT2D eigenvalue weighted by Crippen LogP contribution is -2.34. The SMILES string of the molecule is COc1cc(F)c(C(COc2cccc(C)n2)N2Cc3ccc(F)cc3C2=O)c(F)c1. The van der Waals surface area contributed by atoms with Crippen LogP contribution < -0.4 is 9.47 Å². The predicted molar refractivity (Wildman–Crippen MR) is 106 cm³/mol. The highest BCUT2D eigenvalue weighted by Crippen LogP contribution is 2.35. The summed E-state index contributed by atoms with van der Waals surface area (Å²) in [5, 5.41) is 0. The second-order valence-corrected chi connectivity index (χ2v) is 7.18. The smallest absolute Gasteiger partial charge is 0.255 e. The van der Waals surface area contributed by atoms with E-state index in [0.717, 1.165) is 18.2 Å². The van der Waals surface area contributed by atoms with E-state index in [0.29, 0.717) is 11.3 Å². The van der Waals surface area contributed by atoms with Gasteiger partial charge in [0.25, 0.3) is 5.91 Å². The number of nitrogens with zero attached hydrogens (tertiary/aromatic N) is 2. The molecule has 0 aliphatic carbocycles. The minimum atomic E-state index is -1.11. The van der Waals surface area contributed by atoms with Crippen LogP contribution in [0.3, 0.4) is 0 Å². The molecular weight excluding hydrogens is 409 g/mol. The fourth-order valence-electron chi connectivity index (χ4n) is 3.64. The van der Waals surface area contributed by atoms with Crippen LogP contribution in [0, 0.1) is 24.4 Å². The molecule has 0 saturated heterocycles. The molecule has 0 saturated carbocycles. The van der Waals surface area contributed by atoms with Crippen molar-refractivity contribution >= 4 is 5.91 Å². The van der Waals surface area contributed by atoms with E-state index < -0.39 is 29.4 Å². The lowest BCUT2D eigenvalue weighted by atomic mass is 10.0. The molecule has 0 radical (unpaired) electrons. The first kappa shape index (κ1) is 20.7. The maximum absolute atomic E-state index is 14.9. The van der Waals surface area contributed by atoms with Gasteiger partial charge < -0.3 is 14.4 Å². The van der Waals surface area contributed by atoms with Crippen LogP contribution in [-0.4, -0.2) is 29.5 Å². The highest BCUT2D eigenvalue weighted by Gasteiger charge is 2.37. The number of aromatic nitrogens is 1. The number of hydrogen-bond acceptors (Lipinski definition) is 4. The van der Waals surface area contributed by atoms with E-state index >= 15 is 0 Å². The van der Waals surface area contributed by atoms with E-state index in [9.17, 15) is 18.0 Å². The normalized spacial score (nSPS) is 13.8. The van der Waals surface area contributed by atoms with E-state index in [1.165, 1.54) is 24.1 Å². The fraction of sp³-hybridized carbons (Fsp3) is 0.217. The van der Waals surface area contributed by atoms with Crippen molar-refractivity contribution in [2.24, 2.45) is 0 Å². The Morgan fingerprint density at radius 2 is 1.84 bits per heavy atom. The Labute approximate surface area is 177 Å². The zero-order valence-corrected chi connectivity index (χ0v) is 16.9. The summed E-state index contributed by atoms with van der Waals surface area (Å²) < 4.78 is 54.1. The first-order valence-electron chi connectivity index (χ1n) is 9.56. The Bertz CT molecular complexity index is 1130. The molecule has 1 unspecified atom stereocenters. The van der Waals surface area contributed by atoms with E-state index in [1.807, 2.05) is 0 Å². The molecule has 160 valence electrons. The third kappa shape index (κ3) is 4.05. The molecule has 1 aliphatic heterocycles. The zero-order valence-electron chi connectivity index (χ0n) is 16.9. The van der Waals surface area contributed by atoms with Gasteiger partial charge in [-0.2, -0.15) is 0 Å². The van der Waals surface area contributed by atoms with E-state index in [2.05, 4.69) is 4.98 Å². The number of rotatable bonds is 6. The van der Waals surface area contributed by atoms with Gasteiger partial charge in [0.15, 0.2) is 0 Å². The fourth-order valence-corrected chi connectivity index (χ4v) is 3.64. The molecule has 5 nitrogen and oxygen atoms in total. The molecule has 31 heavy (non-hydrogen) atoms. The van der Waals surface area contributed by atoms with Gasteiger partial charge in [0.2, 0.25) is 5.88 Å². The number of benzene rings is 2. The molecule has 0 fully saturated rings. The molecule has 8 heteroatoms. The summed E-state index contributed by atoms with van der Waals surface area (Å²) >= 11 is 0. The van der Waals surface area contributed by atoms with Crippen molar-refractivity contribution in [3.05, 3.63) is 88.4 Å². The second kappa shape index (κ2) is 8.29. The monoisotopic (exact) mass is 428 g/mol. The summed E-state index contributed by atoms with van der Waals surface area (Å²) in [6.07, 6.45) is 0. The lowest BCUT2D eigenvalue weighted by molar-refractivity contribution is 0.0621. The molecule has 2 heterocycles. The summed E-state index contributed by atoms with van der Waals surface area (Å²) in [6, 6.07) is 9.96. The topological polar surface area (TPSA) is 51.7 Å². The van der Waals surface area contributed by atoms with Gasteiger partial charge in [0, 0.05) is 41.6 Å². The summed E-state index contributed by atoms with van der Waals surface area (Å²) in [5.41, 5.74) is 1.10. The Morgan fingerprint density at radius 3 is 2.52 bits per heavy atom. The molecule has 1 atom stereocenters. The molecular formula is C23H19F3N2O3. The minimum Gasteiger partial charge on any atom is -0.497 e. The maximum atomic E-state index is 14.9. The average Bonchev–Trinajstić information content (AvgIpc) is 3.05. The third-order valence-electron chi connectivity index (χ3n) is 5.15. The number of amides is 1. The quantitative estimate of drug-likeness (QED) is 0.576. The Balaban J connectivity index is 1.72. The van der Waals surface area contributed by atoms with Gasteiger partial charge in [-0.05, 0) is 30.7 Å². The molecule has 1 aromatic heterocycles. The van der Waals surface area contributed by atoms with Crippen LogP contribution in [0.4, 0.5) is 13.2 Å². The zero-order chi connectivity index (χ0) is 22.1. The summed E-state index contributed by atoms with van der Waals surface area (Å²) in [4.78, 5) is 18.5. The predicted octanol–water partition coefficient (Wildman–Crippen LogP) is 4.59. The van der Waals surface area contributed by atoms with Crippen molar-refractivity contribution in [1.29, 1.82) is 0 Å². The first-order chi connectivity index (χ1) is 14.9. The molecule has 0 bridgehead atoms. The third-order valence-corrected chi connectivity index (χ3v) is 5.15. The van der Waals surface area contributed by atoms with Gasteiger partial charge in [-0.1, -0.05) is 12.1 Å². The van der Waals surface area contributed by atoms with Gasteiger partial charge in [-0.3, -0.25) is 4.79 Å². The number of halogens is 3. The van der Waals surface area contributed by atoms with Crippen molar-refractivity contribution < 1.29 is 27.4 Å². The number of carbonyl (C=O) groups is 1. The average molecular weight is 428 g/mol. The van der Waals surface area contributed by atoms with Crippen molar-refractivity contribution in [2.45, 2.75) is 19.5 Å². The first-order valence-corrected chi connectivity index (χ1v) is 9.56. The molecule has 0 N–H and O–H groups in total. The highest BCUT2D eigenvalue weighted by molar-refractivity contribution is 5.98. The van der Waals surface area contributed by atoms with Crippen LogP contribution in [0.25, 0.3) is 0 Å². The molecule has 1 amide bonds. The summed E-state index contributed by atoms with van der Waals surface area (Å²) in [7, 11) is 1.30. The van der Waals surface area contributed by atoms with Crippen molar-refractivity contribution in [1.82, 2.24) is 9.88 Å². The van der Waals surface area contributed by atoms with Crippen LogP contribution in [-0.2, 0) is 6.54 Å². The minimum absolute atomic E-state index is 0.0110. The number of methoxy groups -OCH3 is 1. The largest absolute Gasteiger partial charge is 0.497 e. The van der Waals surface area contributed by atoms with Crippen LogP contribution in [0.15, 0.2) is 48.5 Å². The number of pyridine rings is 1. The molecule has 4 rings (SSSR count). The van der Waals surface area contributed by atoms with Gasteiger partial charge >= 0.3 is 0 Å². The molecule has 2 aromatic carbocycles. The molecule has 1 aliphatic rings. The Kier molecular flexibility index (Phi) is 5.54. The van der Waals surface area contributed by atoms with Crippen molar-refractivity contribution in [2.75, 3.05) is 13.7 Å². The maximum Gasteiger partial charge on any atom is 0.255 e. The number of aryl methyl sites for hydroxylation is 1. The van der Waals surface area contributed by atoms with Crippen LogP contribution >= 0.6 is 0 Å². The lowest BCUT2D eigenvalue weighted by Gasteiger charge is -2.29. The number of carbonyl (C=O) groups excluding carboxylic acids is 1. The van der Waals surface area contributed by atoms with Crippen molar-refractivity contribution in [3.8, 4) is 11.6 Å². The van der Waals surface area contributed by atoms with Gasteiger partial charge in [-0.25, -0.2) is 18.2 Å². The van der Waals surface area contributed by atoms with Crippen LogP contribution in [0.1, 0.15) is 33.2 Å². The highest BCUT2D eigenvalue weighted by atomic mass is 19.1. The number of ether oxygens (including phenoxy) is 2. The van der Waals surface area contributed by atoms with Crippen LogP contribution in [0.2, 0.25) is 0 Å².